The highest BCUT2D eigenvalue weighted by Gasteiger charge is 2.34. The van der Waals surface area contributed by atoms with Crippen LogP contribution < -0.4 is 5.73 Å². The largest absolute Gasteiger partial charge is 0.522 e. The van der Waals surface area contributed by atoms with Gasteiger partial charge in [-0.05, 0) is 38.1 Å². The number of ether oxygens (including phenoxy) is 1. The molecule has 0 bridgehead atoms. The first-order chi connectivity index (χ1) is 6.01. The Kier molecular flexibility index (Phi) is 3.55. The molecule has 0 radical (unpaired) electrons. The molecule has 1 fully saturated rings. The maximum absolute atomic E-state index is 11.8. The second-order valence-electron chi connectivity index (χ2n) is 3.44. The second-order valence-corrected chi connectivity index (χ2v) is 3.44. The van der Waals surface area contributed by atoms with Crippen LogP contribution in [0.3, 0.4) is 0 Å². The van der Waals surface area contributed by atoms with E-state index in [1.807, 2.05) is 0 Å². The third-order valence-electron chi connectivity index (χ3n) is 2.43. The second kappa shape index (κ2) is 4.28. The molecule has 2 nitrogen and oxygen atoms in total. The van der Waals surface area contributed by atoms with E-state index in [0.29, 0.717) is 25.3 Å². The monoisotopic (exact) mass is 197 g/mol. The minimum absolute atomic E-state index is 0.382. The van der Waals surface area contributed by atoms with Crippen molar-refractivity contribution in [2.24, 2.45) is 11.7 Å². The van der Waals surface area contributed by atoms with Crippen molar-refractivity contribution in [3.8, 4) is 0 Å². The number of halogens is 3. The van der Waals surface area contributed by atoms with Crippen LogP contribution in [0.1, 0.15) is 25.7 Å². The topological polar surface area (TPSA) is 35.2 Å². The van der Waals surface area contributed by atoms with E-state index in [-0.39, 0.29) is 0 Å². The molecule has 0 aromatic carbocycles. The van der Waals surface area contributed by atoms with Crippen molar-refractivity contribution in [1.29, 1.82) is 0 Å². The fraction of sp³-hybridized carbons (Fsp3) is 1.00. The van der Waals surface area contributed by atoms with Crippen LogP contribution >= 0.6 is 0 Å². The summed E-state index contributed by atoms with van der Waals surface area (Å²) in [7, 11) is 0. The molecule has 0 amide bonds. The van der Waals surface area contributed by atoms with Gasteiger partial charge in [0.1, 0.15) is 0 Å². The summed E-state index contributed by atoms with van der Waals surface area (Å²) in [5.74, 6) is 0.382. The van der Waals surface area contributed by atoms with Crippen LogP contribution in [-0.2, 0) is 4.74 Å². The lowest BCUT2D eigenvalue weighted by Crippen LogP contribution is -2.30. The molecule has 0 aromatic heterocycles. The molecule has 1 aliphatic rings. The molecular formula is C8H14F3NO. The van der Waals surface area contributed by atoms with Gasteiger partial charge in [-0.25, -0.2) is 0 Å². The van der Waals surface area contributed by atoms with Gasteiger partial charge in [0.05, 0.1) is 6.10 Å². The molecule has 5 heteroatoms. The Morgan fingerprint density at radius 3 is 2.08 bits per heavy atom. The van der Waals surface area contributed by atoms with E-state index in [1.165, 1.54) is 0 Å². The summed E-state index contributed by atoms with van der Waals surface area (Å²) in [4.78, 5) is 0. The van der Waals surface area contributed by atoms with Crippen LogP contribution in [0.2, 0.25) is 0 Å². The van der Waals surface area contributed by atoms with Crippen molar-refractivity contribution in [2.45, 2.75) is 38.1 Å². The molecule has 0 atom stereocenters. The van der Waals surface area contributed by atoms with Gasteiger partial charge < -0.3 is 5.73 Å². The lowest BCUT2D eigenvalue weighted by Gasteiger charge is -2.27. The molecule has 1 aliphatic carbocycles. The number of hydrogen-bond donors (Lipinski definition) is 1. The van der Waals surface area contributed by atoms with Gasteiger partial charge in [0, 0.05) is 0 Å². The van der Waals surface area contributed by atoms with E-state index in [9.17, 15) is 13.2 Å². The average molecular weight is 197 g/mol. The fourth-order valence-corrected chi connectivity index (χ4v) is 1.67. The van der Waals surface area contributed by atoms with Crippen molar-refractivity contribution >= 4 is 0 Å². The van der Waals surface area contributed by atoms with Gasteiger partial charge in [-0.1, -0.05) is 0 Å². The Hall–Kier alpha value is -0.290. The quantitative estimate of drug-likeness (QED) is 0.735. The first-order valence-corrected chi connectivity index (χ1v) is 4.46. The molecule has 0 aliphatic heterocycles. The molecule has 2 N–H and O–H groups in total. The average Bonchev–Trinajstić information content (AvgIpc) is 2.03. The van der Waals surface area contributed by atoms with Crippen LogP contribution in [-0.4, -0.2) is 19.0 Å². The van der Waals surface area contributed by atoms with E-state index < -0.39 is 12.5 Å². The van der Waals surface area contributed by atoms with Crippen LogP contribution in [0.15, 0.2) is 0 Å². The number of hydrogen-bond acceptors (Lipinski definition) is 2. The molecule has 0 heterocycles. The molecule has 0 saturated heterocycles. The van der Waals surface area contributed by atoms with E-state index in [2.05, 4.69) is 4.74 Å². The van der Waals surface area contributed by atoms with E-state index in [0.717, 1.165) is 12.8 Å². The van der Waals surface area contributed by atoms with Crippen LogP contribution in [0.5, 0.6) is 0 Å². The lowest BCUT2D eigenvalue weighted by atomic mass is 9.87. The summed E-state index contributed by atoms with van der Waals surface area (Å²) in [5, 5.41) is 0. The summed E-state index contributed by atoms with van der Waals surface area (Å²) in [6.45, 7) is 0.568. The van der Waals surface area contributed by atoms with Crippen molar-refractivity contribution < 1.29 is 17.9 Å². The first kappa shape index (κ1) is 10.8. The maximum atomic E-state index is 11.8. The zero-order valence-electron chi connectivity index (χ0n) is 7.31. The van der Waals surface area contributed by atoms with Crippen molar-refractivity contribution in [3.05, 3.63) is 0 Å². The highest BCUT2D eigenvalue weighted by Crippen LogP contribution is 2.30. The van der Waals surface area contributed by atoms with Gasteiger partial charge in [-0.2, -0.15) is 0 Å². The predicted molar refractivity (Wildman–Crippen MR) is 41.9 cm³/mol. The summed E-state index contributed by atoms with van der Waals surface area (Å²) < 4.78 is 39.2. The Labute approximate surface area is 75.2 Å². The molecule has 0 spiro atoms. The Balaban J connectivity index is 2.25. The molecule has 0 unspecified atom stereocenters. The SMILES string of the molecule is NCC1CCC(OC(F)(F)F)CC1. The molecule has 78 valence electrons. The zero-order chi connectivity index (χ0) is 9.90. The summed E-state index contributed by atoms with van der Waals surface area (Å²) in [5.41, 5.74) is 5.41. The molecule has 0 aromatic rings. The normalized spacial score (nSPS) is 30.5. The smallest absolute Gasteiger partial charge is 0.330 e. The van der Waals surface area contributed by atoms with Crippen LogP contribution in [0.25, 0.3) is 0 Å². The van der Waals surface area contributed by atoms with Gasteiger partial charge in [0.25, 0.3) is 0 Å². The first-order valence-electron chi connectivity index (χ1n) is 4.46. The number of alkyl halides is 3. The Bertz CT molecular complexity index is 152. The molecule has 13 heavy (non-hydrogen) atoms. The van der Waals surface area contributed by atoms with E-state index >= 15 is 0 Å². The highest BCUT2D eigenvalue weighted by molar-refractivity contribution is 4.73. The molecular weight excluding hydrogens is 183 g/mol. The Morgan fingerprint density at radius 2 is 1.69 bits per heavy atom. The van der Waals surface area contributed by atoms with Gasteiger partial charge in [0.2, 0.25) is 0 Å². The number of nitrogens with two attached hydrogens (primary N) is 1. The lowest BCUT2D eigenvalue weighted by molar-refractivity contribution is -0.345. The van der Waals surface area contributed by atoms with E-state index in [1.54, 1.807) is 0 Å². The Morgan fingerprint density at radius 1 is 1.15 bits per heavy atom. The highest BCUT2D eigenvalue weighted by atomic mass is 19.4. The fourth-order valence-electron chi connectivity index (χ4n) is 1.67. The van der Waals surface area contributed by atoms with Gasteiger partial charge in [-0.15, -0.1) is 13.2 Å². The summed E-state index contributed by atoms with van der Waals surface area (Å²) >= 11 is 0. The zero-order valence-corrected chi connectivity index (χ0v) is 7.31. The third kappa shape index (κ3) is 3.95. The summed E-state index contributed by atoms with van der Waals surface area (Å²) in [6.07, 6.45) is -2.69. The minimum Gasteiger partial charge on any atom is -0.330 e. The maximum Gasteiger partial charge on any atom is 0.522 e. The minimum atomic E-state index is -4.49. The third-order valence-corrected chi connectivity index (χ3v) is 2.43. The summed E-state index contributed by atoms with van der Waals surface area (Å²) in [6, 6.07) is 0. The van der Waals surface area contributed by atoms with E-state index in [4.69, 9.17) is 5.73 Å². The van der Waals surface area contributed by atoms with Crippen molar-refractivity contribution in [3.63, 3.8) is 0 Å². The number of rotatable bonds is 2. The van der Waals surface area contributed by atoms with Crippen molar-refractivity contribution in [1.82, 2.24) is 0 Å². The molecule has 1 rings (SSSR count). The van der Waals surface area contributed by atoms with Crippen LogP contribution in [0.4, 0.5) is 13.2 Å². The molecule has 1 saturated carbocycles. The van der Waals surface area contributed by atoms with Crippen molar-refractivity contribution in [2.75, 3.05) is 6.54 Å². The van der Waals surface area contributed by atoms with Gasteiger partial charge >= 0.3 is 6.36 Å². The standard InChI is InChI=1S/C8H14F3NO/c9-8(10,11)13-7-3-1-6(5-12)2-4-7/h6-7H,1-5,12H2. The van der Waals surface area contributed by atoms with Gasteiger partial charge in [0.15, 0.2) is 0 Å². The van der Waals surface area contributed by atoms with Gasteiger partial charge in [-0.3, -0.25) is 4.74 Å². The van der Waals surface area contributed by atoms with Crippen LogP contribution in [0, 0.1) is 5.92 Å². The predicted octanol–water partition coefficient (Wildman–Crippen LogP) is 2.04.